The minimum absolute atomic E-state index is 0.0938. The van der Waals surface area contributed by atoms with Crippen LogP contribution in [0.5, 0.6) is 5.75 Å². The summed E-state index contributed by atoms with van der Waals surface area (Å²) in [6.45, 7) is 2.08. The summed E-state index contributed by atoms with van der Waals surface area (Å²) >= 11 is 0. The van der Waals surface area contributed by atoms with Gasteiger partial charge in [0.15, 0.2) is 6.29 Å². The third-order valence-corrected chi connectivity index (χ3v) is 8.10. The second kappa shape index (κ2) is 11.0. The number of hydrogen-bond donors (Lipinski definition) is 0. The zero-order valence-electron chi connectivity index (χ0n) is 21.5. The van der Waals surface area contributed by atoms with Gasteiger partial charge in [-0.05, 0) is 109 Å². The van der Waals surface area contributed by atoms with Crippen molar-refractivity contribution in [3.8, 4) is 5.75 Å². The number of fused-ring (bicyclic) bond motifs is 1. The quantitative estimate of drug-likeness (QED) is 0.415. The van der Waals surface area contributed by atoms with E-state index in [2.05, 4.69) is 53.4 Å². The average Bonchev–Trinajstić information content (AvgIpc) is 3.38. The highest BCUT2D eigenvalue weighted by atomic mass is 16.7. The molecule has 4 heteroatoms. The zero-order chi connectivity index (χ0) is 24.2. The van der Waals surface area contributed by atoms with Crippen LogP contribution in [-0.4, -0.2) is 40.7 Å². The maximum absolute atomic E-state index is 5.56. The van der Waals surface area contributed by atoms with Crippen LogP contribution < -0.4 is 9.64 Å². The fraction of sp³-hybridized carbons (Fsp3) is 0.484. The van der Waals surface area contributed by atoms with Gasteiger partial charge in [-0.1, -0.05) is 24.3 Å². The van der Waals surface area contributed by atoms with Crippen LogP contribution in [0.15, 0.2) is 59.7 Å². The molecule has 2 aromatic carbocycles. The first kappa shape index (κ1) is 24.1. The van der Waals surface area contributed by atoms with Crippen molar-refractivity contribution in [1.82, 2.24) is 0 Å². The van der Waals surface area contributed by atoms with Gasteiger partial charge >= 0.3 is 0 Å². The van der Waals surface area contributed by atoms with E-state index in [0.29, 0.717) is 5.92 Å². The highest BCUT2D eigenvalue weighted by molar-refractivity contribution is 5.87. The smallest absolute Gasteiger partial charge is 0.159 e. The molecule has 0 aromatic heterocycles. The van der Waals surface area contributed by atoms with Crippen molar-refractivity contribution < 1.29 is 14.2 Å². The Balaban J connectivity index is 1.45. The number of piperidine rings is 1. The van der Waals surface area contributed by atoms with Crippen molar-refractivity contribution in [3.63, 3.8) is 0 Å². The fourth-order valence-corrected chi connectivity index (χ4v) is 6.24. The molecular formula is C31H39NO3. The second-order valence-corrected chi connectivity index (χ2v) is 10.1. The largest absolute Gasteiger partial charge is 0.497 e. The summed E-state index contributed by atoms with van der Waals surface area (Å²) in [5.74, 6) is 1.42. The first-order chi connectivity index (χ1) is 17.2. The molecule has 1 aliphatic heterocycles. The molecular weight excluding hydrogens is 434 g/mol. The predicted octanol–water partition coefficient (Wildman–Crippen LogP) is 6.78. The van der Waals surface area contributed by atoms with Gasteiger partial charge < -0.3 is 19.1 Å². The third-order valence-electron chi connectivity index (χ3n) is 8.10. The lowest BCUT2D eigenvalue weighted by Crippen LogP contribution is -2.39. The number of benzene rings is 2. The summed E-state index contributed by atoms with van der Waals surface area (Å²) in [6, 6.07) is 16.0. The molecule has 186 valence electrons. The number of aryl methyl sites for hydroxylation is 1. The molecule has 0 bridgehead atoms. The number of anilines is 1. The molecule has 1 fully saturated rings. The molecule has 1 heterocycles. The van der Waals surface area contributed by atoms with Crippen LogP contribution in [0.4, 0.5) is 5.69 Å². The minimum atomic E-state index is -0.0938. The maximum Gasteiger partial charge on any atom is 0.159 e. The van der Waals surface area contributed by atoms with Crippen molar-refractivity contribution in [3.05, 3.63) is 76.4 Å². The first-order valence-electron chi connectivity index (χ1n) is 13.2. The molecule has 1 saturated heterocycles. The van der Waals surface area contributed by atoms with Crippen molar-refractivity contribution in [2.24, 2.45) is 5.92 Å². The van der Waals surface area contributed by atoms with E-state index in [1.807, 2.05) is 0 Å². The van der Waals surface area contributed by atoms with Gasteiger partial charge in [0.05, 0.1) is 7.11 Å². The van der Waals surface area contributed by atoms with Gasteiger partial charge in [0.25, 0.3) is 0 Å². The maximum atomic E-state index is 5.56. The van der Waals surface area contributed by atoms with Gasteiger partial charge in [-0.2, -0.15) is 0 Å². The van der Waals surface area contributed by atoms with Gasteiger partial charge in [0.2, 0.25) is 0 Å². The number of hydrogen-bond acceptors (Lipinski definition) is 4. The highest BCUT2D eigenvalue weighted by Crippen LogP contribution is 2.42. The molecule has 0 atom stereocenters. The molecule has 0 saturated carbocycles. The van der Waals surface area contributed by atoms with Crippen LogP contribution in [-0.2, 0) is 15.9 Å². The SMILES string of the molecule is COc1ccc2c(c1)CCCC(C1=CCCC1)=C2c1ccc(N2CCC(C(OC)OC)CC2)cc1. The highest BCUT2D eigenvalue weighted by Gasteiger charge is 2.27. The molecule has 2 aromatic rings. The molecule has 0 spiro atoms. The Hall–Kier alpha value is -2.56. The van der Waals surface area contributed by atoms with E-state index in [-0.39, 0.29) is 6.29 Å². The van der Waals surface area contributed by atoms with Crippen LogP contribution in [0.25, 0.3) is 5.57 Å². The Kier molecular flexibility index (Phi) is 7.60. The van der Waals surface area contributed by atoms with Gasteiger partial charge in [-0.25, -0.2) is 0 Å². The molecule has 0 N–H and O–H groups in total. The molecule has 0 radical (unpaired) electrons. The third kappa shape index (κ3) is 5.05. The summed E-state index contributed by atoms with van der Waals surface area (Å²) < 4.78 is 16.6. The van der Waals surface area contributed by atoms with Crippen molar-refractivity contribution >= 4 is 11.3 Å². The number of nitrogens with zero attached hydrogens (tertiary/aromatic N) is 1. The fourth-order valence-electron chi connectivity index (χ4n) is 6.24. The first-order valence-corrected chi connectivity index (χ1v) is 13.2. The van der Waals surface area contributed by atoms with E-state index in [0.717, 1.165) is 44.5 Å². The topological polar surface area (TPSA) is 30.9 Å². The van der Waals surface area contributed by atoms with Crippen LogP contribution in [0.3, 0.4) is 0 Å². The Morgan fingerprint density at radius 3 is 2.29 bits per heavy atom. The van der Waals surface area contributed by atoms with Crippen LogP contribution in [0.2, 0.25) is 0 Å². The van der Waals surface area contributed by atoms with E-state index >= 15 is 0 Å². The second-order valence-electron chi connectivity index (χ2n) is 10.1. The minimum Gasteiger partial charge on any atom is -0.497 e. The van der Waals surface area contributed by atoms with Gasteiger partial charge in [-0.3, -0.25) is 0 Å². The monoisotopic (exact) mass is 473 g/mol. The Bertz CT molecular complexity index is 1070. The molecule has 35 heavy (non-hydrogen) atoms. The number of rotatable bonds is 7. The lowest BCUT2D eigenvalue weighted by Gasteiger charge is -2.36. The molecule has 5 rings (SSSR count). The van der Waals surface area contributed by atoms with Crippen LogP contribution in [0, 0.1) is 5.92 Å². The van der Waals surface area contributed by atoms with E-state index in [1.165, 1.54) is 53.6 Å². The number of ether oxygens (including phenoxy) is 3. The van der Waals surface area contributed by atoms with E-state index in [9.17, 15) is 0 Å². The molecule has 2 aliphatic carbocycles. The average molecular weight is 474 g/mol. The van der Waals surface area contributed by atoms with E-state index in [4.69, 9.17) is 14.2 Å². The molecule has 0 unspecified atom stereocenters. The number of methoxy groups -OCH3 is 3. The molecule has 4 nitrogen and oxygen atoms in total. The van der Waals surface area contributed by atoms with Crippen molar-refractivity contribution in [2.45, 2.75) is 57.7 Å². The zero-order valence-corrected chi connectivity index (χ0v) is 21.5. The Morgan fingerprint density at radius 2 is 1.63 bits per heavy atom. The summed E-state index contributed by atoms with van der Waals surface area (Å²) in [5.41, 5.74) is 9.99. The summed E-state index contributed by atoms with van der Waals surface area (Å²) in [5, 5.41) is 0. The van der Waals surface area contributed by atoms with Gasteiger partial charge in [0, 0.05) is 38.9 Å². The van der Waals surface area contributed by atoms with Crippen molar-refractivity contribution in [2.75, 3.05) is 39.3 Å². The number of allylic oxidation sites excluding steroid dienone is 3. The van der Waals surface area contributed by atoms with E-state index < -0.39 is 0 Å². The summed E-state index contributed by atoms with van der Waals surface area (Å²) in [7, 11) is 5.24. The summed E-state index contributed by atoms with van der Waals surface area (Å²) in [4.78, 5) is 2.50. The lowest BCUT2D eigenvalue weighted by molar-refractivity contribution is -0.141. The molecule has 0 amide bonds. The predicted molar refractivity (Wildman–Crippen MR) is 143 cm³/mol. The lowest BCUT2D eigenvalue weighted by atomic mass is 9.87. The van der Waals surface area contributed by atoms with E-state index in [1.54, 1.807) is 32.5 Å². The van der Waals surface area contributed by atoms with Crippen LogP contribution >= 0.6 is 0 Å². The van der Waals surface area contributed by atoms with Crippen LogP contribution in [0.1, 0.15) is 61.6 Å². The van der Waals surface area contributed by atoms with Gasteiger partial charge in [0.1, 0.15) is 5.75 Å². The Morgan fingerprint density at radius 1 is 0.857 bits per heavy atom. The van der Waals surface area contributed by atoms with Gasteiger partial charge in [-0.15, -0.1) is 0 Å². The summed E-state index contributed by atoms with van der Waals surface area (Å²) in [6.07, 6.45) is 11.7. The molecule has 3 aliphatic rings. The van der Waals surface area contributed by atoms with Crippen molar-refractivity contribution in [1.29, 1.82) is 0 Å². The normalized spacial score (nSPS) is 19.1. The standard InChI is InChI=1S/C31H39NO3/c1-33-27-15-16-29-25(21-27)9-6-10-28(22-7-4-5-8-22)30(29)23-11-13-26(14-12-23)32-19-17-24(18-20-32)31(34-2)35-3/h7,11-16,21,24,31H,4-6,8-10,17-20H2,1-3H3. The Labute approximate surface area is 210 Å².